The van der Waals surface area contributed by atoms with E-state index in [1.165, 1.54) is 0 Å². The lowest BCUT2D eigenvalue weighted by atomic mass is 9.98. The second-order valence-corrected chi connectivity index (χ2v) is 5.07. The molecule has 106 valence electrons. The van der Waals surface area contributed by atoms with E-state index in [1.807, 2.05) is 48.7 Å². The summed E-state index contributed by atoms with van der Waals surface area (Å²) < 4.78 is 5.06. The minimum absolute atomic E-state index is 0.832. The van der Waals surface area contributed by atoms with Gasteiger partial charge in [0, 0.05) is 23.4 Å². The molecule has 3 heteroatoms. The van der Waals surface area contributed by atoms with Gasteiger partial charge < -0.3 is 9.51 Å². The number of nitrogens with zero attached hydrogens (tertiary/aromatic N) is 1. The molecule has 0 bridgehead atoms. The van der Waals surface area contributed by atoms with Crippen LogP contribution in [0, 0.1) is 0 Å². The van der Waals surface area contributed by atoms with Gasteiger partial charge in [-0.1, -0.05) is 65.8 Å². The van der Waals surface area contributed by atoms with Gasteiger partial charge >= 0.3 is 0 Å². The third-order valence-electron chi connectivity index (χ3n) is 3.72. The van der Waals surface area contributed by atoms with Crippen LogP contribution in [0.25, 0.3) is 33.6 Å². The van der Waals surface area contributed by atoms with Gasteiger partial charge in [0.2, 0.25) is 0 Å². The highest BCUT2D eigenvalue weighted by molar-refractivity contribution is 5.92. The van der Waals surface area contributed by atoms with Crippen LogP contribution in [0.3, 0.4) is 0 Å². The average molecular weight is 286 g/mol. The van der Waals surface area contributed by atoms with E-state index < -0.39 is 0 Å². The monoisotopic (exact) mass is 286 g/mol. The Morgan fingerprint density at radius 2 is 1.45 bits per heavy atom. The summed E-state index contributed by atoms with van der Waals surface area (Å²) in [6, 6.07) is 22.4. The first-order chi connectivity index (χ1) is 10.9. The molecule has 3 nitrogen and oxygen atoms in total. The van der Waals surface area contributed by atoms with E-state index in [0.717, 1.165) is 33.6 Å². The van der Waals surface area contributed by atoms with Gasteiger partial charge in [0.1, 0.15) is 12.0 Å². The summed E-state index contributed by atoms with van der Waals surface area (Å²) in [6.45, 7) is 0. The quantitative estimate of drug-likeness (QED) is 0.575. The Hall–Kier alpha value is -3.07. The van der Waals surface area contributed by atoms with Gasteiger partial charge in [0.25, 0.3) is 0 Å². The Morgan fingerprint density at radius 3 is 2.09 bits per heavy atom. The van der Waals surface area contributed by atoms with Crippen LogP contribution in [0.1, 0.15) is 0 Å². The number of nitrogens with one attached hydrogen (secondary N) is 1. The molecule has 4 rings (SSSR count). The number of aromatic amines is 1. The van der Waals surface area contributed by atoms with Gasteiger partial charge in [0.15, 0.2) is 0 Å². The van der Waals surface area contributed by atoms with Gasteiger partial charge in [-0.3, -0.25) is 0 Å². The lowest BCUT2D eigenvalue weighted by Crippen LogP contribution is -1.84. The molecule has 0 aliphatic rings. The summed E-state index contributed by atoms with van der Waals surface area (Å²) in [4.78, 5) is 3.40. The van der Waals surface area contributed by atoms with Crippen molar-refractivity contribution in [2.24, 2.45) is 0 Å². The fourth-order valence-electron chi connectivity index (χ4n) is 2.71. The molecule has 0 atom stereocenters. The summed E-state index contributed by atoms with van der Waals surface area (Å²) in [6.07, 6.45) is 3.63. The second kappa shape index (κ2) is 5.37. The van der Waals surface area contributed by atoms with Crippen molar-refractivity contribution in [1.82, 2.24) is 10.1 Å². The Morgan fingerprint density at radius 1 is 0.773 bits per heavy atom. The van der Waals surface area contributed by atoms with Crippen LogP contribution in [-0.2, 0) is 0 Å². The fraction of sp³-hybridized carbons (Fsp3) is 0. The molecular formula is C19H14N2O. The molecule has 22 heavy (non-hydrogen) atoms. The van der Waals surface area contributed by atoms with Crippen molar-refractivity contribution in [2.45, 2.75) is 0 Å². The fourth-order valence-corrected chi connectivity index (χ4v) is 2.71. The molecular weight excluding hydrogens is 272 g/mol. The number of benzene rings is 2. The lowest BCUT2D eigenvalue weighted by Gasteiger charge is -2.05. The Balaban J connectivity index is 1.96. The van der Waals surface area contributed by atoms with Crippen molar-refractivity contribution in [3.8, 4) is 33.6 Å². The molecule has 0 aliphatic heterocycles. The van der Waals surface area contributed by atoms with Gasteiger partial charge in [-0.2, -0.15) is 0 Å². The molecule has 2 aromatic carbocycles. The molecule has 0 unspecified atom stereocenters. The maximum absolute atomic E-state index is 5.06. The van der Waals surface area contributed by atoms with E-state index in [0.29, 0.717) is 0 Å². The van der Waals surface area contributed by atoms with Crippen LogP contribution in [0.2, 0.25) is 0 Å². The molecule has 0 radical (unpaired) electrons. The zero-order valence-electron chi connectivity index (χ0n) is 11.9. The Bertz CT molecular complexity index is 805. The zero-order chi connectivity index (χ0) is 14.8. The van der Waals surface area contributed by atoms with Crippen LogP contribution in [-0.4, -0.2) is 10.1 Å². The molecule has 2 heterocycles. The maximum atomic E-state index is 5.06. The molecule has 0 saturated heterocycles. The van der Waals surface area contributed by atoms with Gasteiger partial charge in [-0.25, -0.2) is 0 Å². The largest absolute Gasteiger partial charge is 0.364 e. The van der Waals surface area contributed by atoms with E-state index in [9.17, 15) is 0 Å². The summed E-state index contributed by atoms with van der Waals surface area (Å²) in [5, 5.41) is 4.14. The number of hydrogen-bond donors (Lipinski definition) is 1. The third-order valence-corrected chi connectivity index (χ3v) is 3.72. The van der Waals surface area contributed by atoms with E-state index in [1.54, 1.807) is 6.26 Å². The molecule has 0 spiro atoms. The van der Waals surface area contributed by atoms with Crippen LogP contribution in [0.4, 0.5) is 0 Å². The third kappa shape index (κ3) is 2.13. The molecule has 1 N–H and O–H groups in total. The number of hydrogen-bond acceptors (Lipinski definition) is 2. The van der Waals surface area contributed by atoms with Gasteiger partial charge in [0.05, 0.1) is 5.69 Å². The first-order valence-corrected chi connectivity index (χ1v) is 7.16. The van der Waals surface area contributed by atoms with E-state index in [4.69, 9.17) is 4.52 Å². The standard InChI is InChI=1S/C19H14N2O/c1-3-7-14(8-4-1)16-13-20-19(15-9-5-2-6-10-15)18(16)17-11-12-22-21-17/h1-13,20H. The minimum Gasteiger partial charge on any atom is -0.364 e. The molecule has 2 aromatic heterocycles. The SMILES string of the molecule is c1ccc(-c2c[nH]c(-c3ccccc3)c2-c2ccon2)cc1. The van der Waals surface area contributed by atoms with Gasteiger partial charge in [-0.15, -0.1) is 0 Å². The van der Waals surface area contributed by atoms with Crippen LogP contribution in [0.5, 0.6) is 0 Å². The highest BCUT2D eigenvalue weighted by atomic mass is 16.5. The van der Waals surface area contributed by atoms with E-state index in [-0.39, 0.29) is 0 Å². The van der Waals surface area contributed by atoms with Crippen LogP contribution >= 0.6 is 0 Å². The Kier molecular flexibility index (Phi) is 3.09. The average Bonchev–Trinajstić information content (AvgIpc) is 3.25. The van der Waals surface area contributed by atoms with Crippen molar-refractivity contribution in [3.05, 3.63) is 79.2 Å². The van der Waals surface area contributed by atoms with E-state index >= 15 is 0 Å². The first-order valence-electron chi connectivity index (χ1n) is 7.16. The molecule has 0 amide bonds. The predicted molar refractivity (Wildman–Crippen MR) is 87.2 cm³/mol. The summed E-state index contributed by atoms with van der Waals surface area (Å²) >= 11 is 0. The molecule has 0 saturated carbocycles. The maximum Gasteiger partial charge on any atom is 0.124 e. The minimum atomic E-state index is 0.832. The summed E-state index contributed by atoms with van der Waals surface area (Å²) in [5.41, 5.74) is 6.34. The predicted octanol–water partition coefficient (Wildman–Crippen LogP) is 5.00. The molecule has 4 aromatic rings. The van der Waals surface area contributed by atoms with Crippen molar-refractivity contribution < 1.29 is 4.52 Å². The second-order valence-electron chi connectivity index (χ2n) is 5.07. The topological polar surface area (TPSA) is 41.8 Å². The van der Waals surface area contributed by atoms with E-state index in [2.05, 4.69) is 34.4 Å². The highest BCUT2D eigenvalue weighted by Crippen LogP contribution is 2.38. The van der Waals surface area contributed by atoms with Crippen LogP contribution in [0.15, 0.2) is 83.7 Å². The molecule has 0 fully saturated rings. The van der Waals surface area contributed by atoms with Crippen molar-refractivity contribution in [2.75, 3.05) is 0 Å². The molecule has 0 aliphatic carbocycles. The van der Waals surface area contributed by atoms with Crippen LogP contribution < -0.4 is 0 Å². The zero-order valence-corrected chi connectivity index (χ0v) is 11.9. The smallest absolute Gasteiger partial charge is 0.124 e. The van der Waals surface area contributed by atoms with Crippen molar-refractivity contribution in [3.63, 3.8) is 0 Å². The number of H-pyrrole nitrogens is 1. The lowest BCUT2D eigenvalue weighted by molar-refractivity contribution is 0.422. The van der Waals surface area contributed by atoms with Crippen molar-refractivity contribution in [1.29, 1.82) is 0 Å². The normalized spacial score (nSPS) is 10.7. The summed E-state index contributed by atoms with van der Waals surface area (Å²) in [7, 11) is 0. The summed E-state index contributed by atoms with van der Waals surface area (Å²) in [5.74, 6) is 0. The number of rotatable bonds is 3. The van der Waals surface area contributed by atoms with Gasteiger partial charge in [-0.05, 0) is 11.1 Å². The highest BCUT2D eigenvalue weighted by Gasteiger charge is 2.17. The first kappa shape index (κ1) is 12.7. The Labute approximate surface area is 128 Å². The number of aromatic nitrogens is 2. The van der Waals surface area contributed by atoms with Crippen molar-refractivity contribution >= 4 is 0 Å².